The Kier molecular flexibility index (Phi) is 6.49. The van der Waals surface area contributed by atoms with Crippen LogP contribution in [0.5, 0.6) is 0 Å². The van der Waals surface area contributed by atoms with Crippen LogP contribution in [0.3, 0.4) is 0 Å². The Hall–Kier alpha value is -3.28. The minimum absolute atomic E-state index is 0.0958. The molecule has 0 spiro atoms. The van der Waals surface area contributed by atoms with Crippen LogP contribution >= 0.6 is 0 Å². The van der Waals surface area contributed by atoms with Gasteiger partial charge in [-0.3, -0.25) is 4.79 Å². The minimum atomic E-state index is -2.95. The van der Waals surface area contributed by atoms with E-state index in [0.717, 1.165) is 38.2 Å². The molecule has 2 aromatic rings. The molecule has 0 aromatic heterocycles. The number of hydrogen-bond donors (Lipinski definition) is 1. The molecule has 2 atom stereocenters. The van der Waals surface area contributed by atoms with Crippen molar-refractivity contribution in [2.24, 2.45) is 5.92 Å². The normalized spacial score (nSPS) is 23.6. The zero-order valence-electron chi connectivity index (χ0n) is 17.6. The highest BCUT2D eigenvalue weighted by atomic mass is 19.2. The summed E-state index contributed by atoms with van der Waals surface area (Å²) in [5, 5.41) is 2.78. The fourth-order valence-electron chi connectivity index (χ4n) is 4.25. The van der Waals surface area contributed by atoms with Gasteiger partial charge in [-0.15, -0.1) is 0 Å². The third-order valence-corrected chi connectivity index (χ3v) is 5.94. The summed E-state index contributed by atoms with van der Waals surface area (Å²) in [6, 6.07) is 16.3. The average molecular weight is 437 g/mol. The first-order valence-electron chi connectivity index (χ1n) is 10.9. The van der Waals surface area contributed by atoms with Gasteiger partial charge in [0.15, 0.2) is 5.92 Å². The summed E-state index contributed by atoms with van der Waals surface area (Å²) in [7, 11) is 0. The van der Waals surface area contributed by atoms with Gasteiger partial charge in [-0.25, -0.2) is 9.18 Å². The Bertz CT molecular complexity index is 1030. The monoisotopic (exact) mass is 437 g/mol. The highest BCUT2D eigenvalue weighted by Gasteiger charge is 2.51. The maximum atomic E-state index is 16.1. The van der Waals surface area contributed by atoms with Gasteiger partial charge < -0.3 is 10.1 Å². The van der Waals surface area contributed by atoms with Crippen LogP contribution in [-0.4, -0.2) is 23.8 Å². The Morgan fingerprint density at radius 3 is 2.22 bits per heavy atom. The lowest BCUT2D eigenvalue weighted by Gasteiger charge is -2.34. The summed E-state index contributed by atoms with van der Waals surface area (Å²) < 4.78 is 36.9. The lowest BCUT2D eigenvalue weighted by Crippen LogP contribution is -2.50. The lowest BCUT2D eigenvalue weighted by molar-refractivity contribution is -0.145. The number of carbonyl (C=O) groups excluding carboxylic acids is 2. The number of nitrogens with one attached hydrogen (secondary N) is 1. The molecule has 166 valence electrons. The van der Waals surface area contributed by atoms with E-state index in [2.05, 4.69) is 5.32 Å². The van der Waals surface area contributed by atoms with E-state index in [0.29, 0.717) is 5.56 Å². The van der Waals surface area contributed by atoms with E-state index < -0.39 is 29.5 Å². The number of rotatable bonds is 5. The van der Waals surface area contributed by atoms with Crippen LogP contribution in [0, 0.1) is 5.92 Å². The highest BCUT2D eigenvalue weighted by Crippen LogP contribution is 2.42. The van der Waals surface area contributed by atoms with E-state index in [-0.39, 0.29) is 17.2 Å². The van der Waals surface area contributed by atoms with E-state index in [1.807, 2.05) is 0 Å². The summed E-state index contributed by atoms with van der Waals surface area (Å²) in [5.74, 6) is -7.64. The molecule has 0 heterocycles. The van der Waals surface area contributed by atoms with Crippen molar-refractivity contribution >= 4 is 17.4 Å². The predicted octanol–water partition coefficient (Wildman–Crippen LogP) is 5.52. The summed E-state index contributed by atoms with van der Waals surface area (Å²) in [6.07, 6.45) is 6.69. The maximum Gasteiger partial charge on any atom is 0.341 e. The molecule has 2 aliphatic rings. The molecule has 32 heavy (non-hydrogen) atoms. The van der Waals surface area contributed by atoms with E-state index in [9.17, 15) is 9.59 Å². The quantitative estimate of drug-likeness (QED) is 0.626. The standard InChI is InChI=1S/C26H25F2NO3/c27-23-21(18-10-4-1-5-11-18)16-17-26(28,32-25(31)19-12-6-2-7-13-19)22(23)24(30)29-20-14-8-3-9-15-20/h1-2,4-7,10-13,16-17,20,22H,3,8-9,14-15H2,(H,29,30). The Morgan fingerprint density at radius 2 is 1.56 bits per heavy atom. The minimum Gasteiger partial charge on any atom is -0.420 e. The van der Waals surface area contributed by atoms with Crippen molar-refractivity contribution in [3.63, 3.8) is 0 Å². The number of alkyl halides is 1. The van der Waals surface area contributed by atoms with Gasteiger partial charge in [-0.2, -0.15) is 4.39 Å². The van der Waals surface area contributed by atoms with E-state index in [4.69, 9.17) is 4.74 Å². The van der Waals surface area contributed by atoms with E-state index in [1.165, 1.54) is 18.2 Å². The van der Waals surface area contributed by atoms with Gasteiger partial charge in [-0.05, 0) is 42.7 Å². The average Bonchev–Trinajstić information content (AvgIpc) is 2.81. The van der Waals surface area contributed by atoms with Gasteiger partial charge in [0.2, 0.25) is 5.91 Å². The molecule has 0 aliphatic heterocycles. The van der Waals surface area contributed by atoms with Crippen molar-refractivity contribution in [3.8, 4) is 0 Å². The zero-order chi connectivity index (χ0) is 22.6. The summed E-state index contributed by atoms with van der Waals surface area (Å²) in [5.41, 5.74) is 0.717. The van der Waals surface area contributed by atoms with Crippen LogP contribution in [-0.2, 0) is 9.53 Å². The molecule has 0 radical (unpaired) electrons. The number of hydrogen-bond acceptors (Lipinski definition) is 3. The second-order valence-corrected chi connectivity index (χ2v) is 8.19. The van der Waals surface area contributed by atoms with Crippen molar-refractivity contribution in [2.45, 2.75) is 44.0 Å². The predicted molar refractivity (Wildman–Crippen MR) is 118 cm³/mol. The SMILES string of the molecule is O=C(OC1(F)C=CC(c2ccccc2)=C(F)C1C(=O)NC1CCCCC1)c1ccccc1. The van der Waals surface area contributed by atoms with Crippen LogP contribution in [0.2, 0.25) is 0 Å². The molecule has 4 rings (SSSR count). The number of benzene rings is 2. The fraction of sp³-hybridized carbons (Fsp3) is 0.308. The maximum absolute atomic E-state index is 16.1. The molecule has 0 bridgehead atoms. The molecular weight excluding hydrogens is 412 g/mol. The second kappa shape index (κ2) is 9.47. The highest BCUT2D eigenvalue weighted by molar-refractivity contribution is 5.92. The summed E-state index contributed by atoms with van der Waals surface area (Å²) >= 11 is 0. The molecule has 1 amide bonds. The van der Waals surface area contributed by atoms with Gasteiger partial charge in [0.1, 0.15) is 5.83 Å². The summed E-state index contributed by atoms with van der Waals surface area (Å²) in [6.45, 7) is 0. The van der Waals surface area contributed by atoms with Gasteiger partial charge in [0.05, 0.1) is 5.56 Å². The Balaban J connectivity index is 1.66. The smallest absolute Gasteiger partial charge is 0.341 e. The molecule has 1 saturated carbocycles. The molecule has 2 aliphatic carbocycles. The topological polar surface area (TPSA) is 55.4 Å². The van der Waals surface area contributed by atoms with E-state index in [1.54, 1.807) is 48.5 Å². The molecule has 2 aromatic carbocycles. The van der Waals surface area contributed by atoms with Crippen LogP contribution in [0.4, 0.5) is 8.78 Å². The first-order valence-corrected chi connectivity index (χ1v) is 10.9. The third kappa shape index (κ3) is 4.64. The lowest BCUT2D eigenvalue weighted by atomic mass is 9.85. The number of ether oxygens (including phenoxy) is 1. The van der Waals surface area contributed by atoms with Crippen LogP contribution in [0.1, 0.15) is 48.0 Å². The van der Waals surface area contributed by atoms with Crippen LogP contribution in [0.25, 0.3) is 5.57 Å². The second-order valence-electron chi connectivity index (χ2n) is 8.19. The van der Waals surface area contributed by atoms with Crippen molar-refractivity contribution in [2.75, 3.05) is 0 Å². The largest absolute Gasteiger partial charge is 0.420 e. The number of carbonyl (C=O) groups is 2. The van der Waals surface area contributed by atoms with Crippen molar-refractivity contribution in [1.29, 1.82) is 0 Å². The summed E-state index contributed by atoms with van der Waals surface area (Å²) in [4.78, 5) is 25.7. The molecule has 1 fully saturated rings. The molecule has 4 nitrogen and oxygen atoms in total. The van der Waals surface area contributed by atoms with Crippen molar-refractivity contribution < 1.29 is 23.1 Å². The number of amides is 1. The van der Waals surface area contributed by atoms with Crippen molar-refractivity contribution in [3.05, 3.63) is 89.8 Å². The molecule has 6 heteroatoms. The molecule has 2 unspecified atom stereocenters. The Morgan fingerprint density at radius 1 is 0.938 bits per heavy atom. The molecule has 0 saturated heterocycles. The third-order valence-electron chi connectivity index (χ3n) is 5.94. The molecule has 1 N–H and O–H groups in total. The number of allylic oxidation sites excluding steroid dienone is 2. The van der Waals surface area contributed by atoms with E-state index >= 15 is 8.78 Å². The van der Waals surface area contributed by atoms with Gasteiger partial charge in [0.25, 0.3) is 5.85 Å². The zero-order valence-corrected chi connectivity index (χ0v) is 17.6. The van der Waals surface area contributed by atoms with Gasteiger partial charge >= 0.3 is 5.97 Å². The van der Waals surface area contributed by atoms with Gasteiger partial charge in [-0.1, -0.05) is 67.8 Å². The first-order chi connectivity index (χ1) is 15.5. The number of esters is 1. The first kappa shape index (κ1) is 21.9. The van der Waals surface area contributed by atoms with Crippen LogP contribution in [0.15, 0.2) is 78.6 Å². The van der Waals surface area contributed by atoms with Crippen molar-refractivity contribution in [1.82, 2.24) is 5.32 Å². The fourth-order valence-corrected chi connectivity index (χ4v) is 4.25. The van der Waals surface area contributed by atoms with Gasteiger partial charge in [0, 0.05) is 11.6 Å². The van der Waals surface area contributed by atoms with Crippen LogP contribution < -0.4 is 5.32 Å². The molecular formula is C26H25F2NO3. The Labute approximate surface area is 186 Å². The number of halogens is 2.